The van der Waals surface area contributed by atoms with E-state index in [0.29, 0.717) is 35.6 Å². The third kappa shape index (κ3) is 2.76. The normalized spacial score (nSPS) is 12.8. The summed E-state index contributed by atoms with van der Waals surface area (Å²) in [5.74, 6) is 0.210. The minimum atomic E-state index is -0.334. The highest BCUT2D eigenvalue weighted by Gasteiger charge is 2.13. The van der Waals surface area contributed by atoms with Crippen LogP contribution in [-0.4, -0.2) is 12.3 Å². The van der Waals surface area contributed by atoms with E-state index >= 15 is 0 Å². The highest BCUT2D eigenvalue weighted by atomic mass is 19.1. The Hall–Kier alpha value is -1.68. The standard InChI is InChI=1S/C14H16FNO2/c1-9(8-16)2-4-12(17)14-7-10-6-11(15)3-5-13(10)18-14/h3,5-7,9H,2,4,8,16H2,1H3. The maximum absolute atomic E-state index is 13.0. The van der Waals surface area contributed by atoms with E-state index in [9.17, 15) is 9.18 Å². The molecule has 1 atom stereocenters. The van der Waals surface area contributed by atoms with Gasteiger partial charge in [-0.3, -0.25) is 4.79 Å². The Morgan fingerprint density at radius 3 is 2.94 bits per heavy atom. The first kappa shape index (κ1) is 12.8. The Labute approximate surface area is 105 Å². The Bertz CT molecular complexity index is 562. The number of ketones is 1. The maximum atomic E-state index is 13.0. The minimum Gasteiger partial charge on any atom is -0.453 e. The SMILES string of the molecule is CC(CN)CCC(=O)c1cc2cc(F)ccc2o1. The van der Waals surface area contributed by atoms with Crippen molar-refractivity contribution in [3.63, 3.8) is 0 Å². The first-order valence-corrected chi connectivity index (χ1v) is 6.02. The van der Waals surface area contributed by atoms with E-state index in [1.165, 1.54) is 18.2 Å². The van der Waals surface area contributed by atoms with Gasteiger partial charge in [0.1, 0.15) is 11.4 Å². The molecule has 4 heteroatoms. The van der Waals surface area contributed by atoms with Crippen molar-refractivity contribution in [3.05, 3.63) is 35.8 Å². The second-order valence-electron chi connectivity index (χ2n) is 4.60. The Kier molecular flexibility index (Phi) is 3.77. The third-order valence-electron chi connectivity index (χ3n) is 3.02. The summed E-state index contributed by atoms with van der Waals surface area (Å²) in [4.78, 5) is 11.9. The molecule has 1 aromatic carbocycles. The van der Waals surface area contributed by atoms with E-state index < -0.39 is 0 Å². The zero-order valence-corrected chi connectivity index (χ0v) is 10.3. The van der Waals surface area contributed by atoms with Crippen molar-refractivity contribution < 1.29 is 13.6 Å². The van der Waals surface area contributed by atoms with Crippen LogP contribution < -0.4 is 5.73 Å². The van der Waals surface area contributed by atoms with Crippen LogP contribution in [0.25, 0.3) is 11.0 Å². The molecule has 1 heterocycles. The first-order chi connectivity index (χ1) is 8.60. The van der Waals surface area contributed by atoms with Crippen LogP contribution in [0.2, 0.25) is 0 Å². The van der Waals surface area contributed by atoms with Crippen LogP contribution in [0.1, 0.15) is 30.3 Å². The summed E-state index contributed by atoms with van der Waals surface area (Å²) in [6.07, 6.45) is 1.14. The smallest absolute Gasteiger partial charge is 0.198 e. The van der Waals surface area contributed by atoms with Crippen molar-refractivity contribution in [1.29, 1.82) is 0 Å². The maximum Gasteiger partial charge on any atom is 0.198 e. The summed E-state index contributed by atoms with van der Waals surface area (Å²) < 4.78 is 18.4. The summed E-state index contributed by atoms with van der Waals surface area (Å²) in [5.41, 5.74) is 6.03. The molecule has 2 rings (SSSR count). The minimum absolute atomic E-state index is 0.0630. The number of benzene rings is 1. The van der Waals surface area contributed by atoms with E-state index in [0.717, 1.165) is 6.42 Å². The molecule has 1 unspecified atom stereocenters. The van der Waals surface area contributed by atoms with Gasteiger partial charge < -0.3 is 10.2 Å². The molecule has 0 aliphatic carbocycles. The Balaban J connectivity index is 2.13. The molecule has 3 nitrogen and oxygen atoms in total. The number of carbonyl (C=O) groups is 1. The van der Waals surface area contributed by atoms with Gasteiger partial charge in [-0.2, -0.15) is 0 Å². The second-order valence-corrected chi connectivity index (χ2v) is 4.60. The molecule has 0 saturated heterocycles. The Morgan fingerprint density at radius 1 is 1.44 bits per heavy atom. The number of nitrogens with two attached hydrogens (primary N) is 1. The number of furan rings is 1. The monoisotopic (exact) mass is 249 g/mol. The number of halogens is 1. The van der Waals surface area contributed by atoms with Gasteiger partial charge in [-0.05, 0) is 43.1 Å². The average Bonchev–Trinajstić information content (AvgIpc) is 2.78. The lowest BCUT2D eigenvalue weighted by molar-refractivity contribution is 0.0950. The molecule has 0 radical (unpaired) electrons. The fourth-order valence-electron chi connectivity index (χ4n) is 1.77. The summed E-state index contributed by atoms with van der Waals surface area (Å²) in [6.45, 7) is 2.57. The molecular formula is C14H16FNO2. The van der Waals surface area contributed by atoms with E-state index in [1.54, 1.807) is 6.07 Å². The number of hydrogen-bond donors (Lipinski definition) is 1. The van der Waals surface area contributed by atoms with Crippen molar-refractivity contribution in [2.75, 3.05) is 6.54 Å². The molecular weight excluding hydrogens is 233 g/mol. The lowest BCUT2D eigenvalue weighted by Crippen LogP contribution is -2.12. The van der Waals surface area contributed by atoms with Crippen LogP contribution in [0.5, 0.6) is 0 Å². The van der Waals surface area contributed by atoms with Gasteiger partial charge in [-0.25, -0.2) is 4.39 Å². The zero-order chi connectivity index (χ0) is 13.1. The first-order valence-electron chi connectivity index (χ1n) is 6.02. The Morgan fingerprint density at radius 2 is 2.22 bits per heavy atom. The summed E-state index contributed by atoms with van der Waals surface area (Å²) in [7, 11) is 0. The highest BCUT2D eigenvalue weighted by molar-refractivity contribution is 5.97. The lowest BCUT2D eigenvalue weighted by atomic mass is 10.0. The molecule has 0 amide bonds. The van der Waals surface area contributed by atoms with E-state index in [4.69, 9.17) is 10.2 Å². The van der Waals surface area contributed by atoms with Crippen molar-refractivity contribution >= 4 is 16.8 Å². The third-order valence-corrected chi connectivity index (χ3v) is 3.02. The van der Waals surface area contributed by atoms with Crippen LogP contribution in [-0.2, 0) is 0 Å². The second kappa shape index (κ2) is 5.31. The van der Waals surface area contributed by atoms with Gasteiger partial charge in [0, 0.05) is 11.8 Å². The molecule has 0 fully saturated rings. The van der Waals surface area contributed by atoms with E-state index in [2.05, 4.69) is 0 Å². The number of fused-ring (bicyclic) bond motifs is 1. The average molecular weight is 249 g/mol. The van der Waals surface area contributed by atoms with Crippen molar-refractivity contribution in [2.24, 2.45) is 11.7 Å². The van der Waals surface area contributed by atoms with Crippen LogP contribution in [0.4, 0.5) is 4.39 Å². The molecule has 18 heavy (non-hydrogen) atoms. The predicted molar refractivity (Wildman–Crippen MR) is 68.0 cm³/mol. The number of rotatable bonds is 5. The number of hydrogen-bond acceptors (Lipinski definition) is 3. The fraction of sp³-hybridized carbons (Fsp3) is 0.357. The summed E-state index contributed by atoms with van der Waals surface area (Å²) in [6, 6.07) is 5.80. The summed E-state index contributed by atoms with van der Waals surface area (Å²) in [5, 5.41) is 0.616. The molecule has 2 aromatic rings. The predicted octanol–water partition coefficient (Wildman–Crippen LogP) is 3.13. The van der Waals surface area contributed by atoms with Crippen molar-refractivity contribution in [1.82, 2.24) is 0 Å². The number of Topliss-reactive ketones (excluding diaryl/α,β-unsaturated/α-hetero) is 1. The molecule has 1 aromatic heterocycles. The molecule has 96 valence electrons. The van der Waals surface area contributed by atoms with Crippen LogP contribution in [0.3, 0.4) is 0 Å². The van der Waals surface area contributed by atoms with Gasteiger partial charge in [0.05, 0.1) is 0 Å². The topological polar surface area (TPSA) is 56.2 Å². The van der Waals surface area contributed by atoms with E-state index in [1.807, 2.05) is 6.92 Å². The quantitative estimate of drug-likeness (QED) is 0.828. The van der Waals surface area contributed by atoms with Gasteiger partial charge in [0.15, 0.2) is 11.5 Å². The van der Waals surface area contributed by atoms with Crippen molar-refractivity contribution in [3.8, 4) is 0 Å². The van der Waals surface area contributed by atoms with E-state index in [-0.39, 0.29) is 11.6 Å². The highest BCUT2D eigenvalue weighted by Crippen LogP contribution is 2.22. The van der Waals surface area contributed by atoms with Crippen LogP contribution >= 0.6 is 0 Å². The lowest BCUT2D eigenvalue weighted by Gasteiger charge is -2.05. The van der Waals surface area contributed by atoms with Gasteiger partial charge >= 0.3 is 0 Å². The summed E-state index contributed by atoms with van der Waals surface area (Å²) >= 11 is 0. The van der Waals surface area contributed by atoms with Gasteiger partial charge in [-0.15, -0.1) is 0 Å². The fourth-order valence-corrected chi connectivity index (χ4v) is 1.77. The van der Waals surface area contributed by atoms with Crippen molar-refractivity contribution in [2.45, 2.75) is 19.8 Å². The molecule has 0 bridgehead atoms. The van der Waals surface area contributed by atoms with Gasteiger partial charge in [0.25, 0.3) is 0 Å². The molecule has 2 N–H and O–H groups in total. The van der Waals surface area contributed by atoms with Gasteiger partial charge in [0.2, 0.25) is 0 Å². The molecule has 0 saturated carbocycles. The van der Waals surface area contributed by atoms with Gasteiger partial charge in [-0.1, -0.05) is 6.92 Å². The number of carbonyl (C=O) groups excluding carboxylic acids is 1. The molecule has 0 aliphatic rings. The van der Waals surface area contributed by atoms with Crippen LogP contribution in [0.15, 0.2) is 28.7 Å². The molecule has 0 aliphatic heterocycles. The molecule has 0 spiro atoms. The zero-order valence-electron chi connectivity index (χ0n) is 10.3. The van der Waals surface area contributed by atoms with Crippen LogP contribution in [0, 0.1) is 11.7 Å². The largest absolute Gasteiger partial charge is 0.453 e.